The van der Waals surface area contributed by atoms with E-state index in [1.165, 1.54) is 10.3 Å². The number of aryl methyl sites for hydroxylation is 2. The Bertz CT molecular complexity index is 1360. The van der Waals surface area contributed by atoms with Gasteiger partial charge < -0.3 is 4.90 Å². The van der Waals surface area contributed by atoms with Crippen LogP contribution in [-0.2, 0) is 7.05 Å². The minimum Gasteiger partial charge on any atom is -0.349 e. The SMILES string of the molecule is CC[C@H]1CN(C(C)c2ccc3nc(C)sc3c2)[C@H](CC)CN1c1nc(=O)n(C)c2cn[nH]c12. The summed E-state index contributed by atoms with van der Waals surface area (Å²) in [6.45, 7) is 10.6. The van der Waals surface area contributed by atoms with Gasteiger partial charge >= 0.3 is 5.69 Å². The molecule has 1 aliphatic rings. The number of thiazole rings is 1. The number of hydrogen-bond donors (Lipinski definition) is 1. The highest BCUT2D eigenvalue weighted by Gasteiger charge is 2.36. The highest BCUT2D eigenvalue weighted by atomic mass is 32.1. The van der Waals surface area contributed by atoms with E-state index in [4.69, 9.17) is 0 Å². The molecule has 33 heavy (non-hydrogen) atoms. The molecule has 1 aromatic carbocycles. The van der Waals surface area contributed by atoms with Crippen LogP contribution < -0.4 is 10.6 Å². The van der Waals surface area contributed by atoms with Crippen molar-refractivity contribution >= 4 is 38.4 Å². The first-order valence-electron chi connectivity index (χ1n) is 11.7. The Morgan fingerprint density at radius 2 is 1.97 bits per heavy atom. The van der Waals surface area contributed by atoms with Gasteiger partial charge in [0.2, 0.25) is 0 Å². The first kappa shape index (κ1) is 22.0. The lowest BCUT2D eigenvalue weighted by Crippen LogP contribution is -2.59. The highest BCUT2D eigenvalue weighted by molar-refractivity contribution is 7.18. The monoisotopic (exact) mass is 465 g/mol. The number of nitrogens with one attached hydrogen (secondary N) is 1. The molecule has 8 nitrogen and oxygen atoms in total. The summed E-state index contributed by atoms with van der Waals surface area (Å²) < 4.78 is 2.80. The Morgan fingerprint density at radius 3 is 2.73 bits per heavy atom. The minimum atomic E-state index is -0.245. The van der Waals surface area contributed by atoms with Crippen LogP contribution in [0.25, 0.3) is 21.3 Å². The highest BCUT2D eigenvalue weighted by Crippen LogP contribution is 2.34. The summed E-state index contributed by atoms with van der Waals surface area (Å²) in [7, 11) is 1.74. The molecule has 3 atom stereocenters. The molecule has 1 fully saturated rings. The van der Waals surface area contributed by atoms with Crippen molar-refractivity contribution in [1.82, 2.24) is 29.6 Å². The molecule has 4 heterocycles. The Morgan fingerprint density at radius 1 is 1.18 bits per heavy atom. The fourth-order valence-corrected chi connectivity index (χ4v) is 6.03. The lowest BCUT2D eigenvalue weighted by atomic mass is 9.97. The third-order valence-corrected chi connectivity index (χ3v) is 8.08. The van der Waals surface area contributed by atoms with Crippen LogP contribution in [-0.4, -0.2) is 54.8 Å². The third-order valence-electron chi connectivity index (χ3n) is 7.15. The van der Waals surface area contributed by atoms with Gasteiger partial charge in [-0.2, -0.15) is 10.1 Å². The van der Waals surface area contributed by atoms with Crippen LogP contribution in [0.1, 0.15) is 50.2 Å². The Hall–Kier alpha value is -2.78. The van der Waals surface area contributed by atoms with Crippen molar-refractivity contribution in [3.05, 3.63) is 45.5 Å². The first-order valence-corrected chi connectivity index (χ1v) is 12.5. The fraction of sp³-hybridized carbons (Fsp3) is 0.500. The molecule has 0 spiro atoms. The number of fused-ring (bicyclic) bond motifs is 2. The summed E-state index contributed by atoms with van der Waals surface area (Å²) in [5.41, 5.74) is 3.79. The Labute approximate surface area is 197 Å². The quantitative estimate of drug-likeness (QED) is 0.479. The largest absolute Gasteiger partial charge is 0.349 e. The molecule has 1 saturated heterocycles. The molecule has 1 aliphatic heterocycles. The molecular weight excluding hydrogens is 434 g/mol. The average Bonchev–Trinajstić information content (AvgIpc) is 3.45. The number of H-pyrrole nitrogens is 1. The minimum absolute atomic E-state index is 0.245. The second kappa shape index (κ2) is 8.53. The van der Waals surface area contributed by atoms with Crippen molar-refractivity contribution in [2.45, 2.75) is 58.7 Å². The van der Waals surface area contributed by atoms with E-state index in [0.29, 0.717) is 12.1 Å². The number of nitrogens with zero attached hydrogens (tertiary/aromatic N) is 6. The van der Waals surface area contributed by atoms with Crippen LogP contribution in [0.5, 0.6) is 0 Å². The molecule has 0 saturated carbocycles. The first-order chi connectivity index (χ1) is 15.9. The number of benzene rings is 1. The molecule has 5 rings (SSSR count). The molecule has 0 aliphatic carbocycles. The lowest BCUT2D eigenvalue weighted by molar-refractivity contribution is 0.101. The van der Waals surface area contributed by atoms with Crippen LogP contribution in [0.4, 0.5) is 5.82 Å². The van der Waals surface area contributed by atoms with E-state index >= 15 is 0 Å². The van der Waals surface area contributed by atoms with Gasteiger partial charge in [0.05, 0.1) is 26.9 Å². The standard InChI is InChI=1S/C24H31N7OS/c1-6-17-13-31(23-22-20(11-25-28-22)29(5)24(32)27-23)18(7-2)12-30(17)14(3)16-8-9-19-21(10-16)33-15(4)26-19/h8-11,14,17-18H,6-7,12-13H2,1-5H3,(H,25,28)/t14?,17-,18+/m1/s1. The van der Waals surface area contributed by atoms with Gasteiger partial charge in [-0.15, -0.1) is 11.3 Å². The smallest absolute Gasteiger partial charge is 0.349 e. The van der Waals surface area contributed by atoms with Crippen molar-refractivity contribution in [1.29, 1.82) is 0 Å². The van der Waals surface area contributed by atoms with E-state index in [1.54, 1.807) is 29.1 Å². The normalized spacial score (nSPS) is 20.7. The van der Waals surface area contributed by atoms with Gasteiger partial charge in [0.15, 0.2) is 5.82 Å². The van der Waals surface area contributed by atoms with Gasteiger partial charge in [-0.05, 0) is 44.4 Å². The number of anilines is 1. The lowest BCUT2D eigenvalue weighted by Gasteiger charge is -2.49. The van der Waals surface area contributed by atoms with E-state index < -0.39 is 0 Å². The number of aromatic amines is 1. The van der Waals surface area contributed by atoms with Crippen LogP contribution in [0, 0.1) is 6.92 Å². The molecule has 1 N–H and O–H groups in total. The maximum absolute atomic E-state index is 12.6. The van der Waals surface area contributed by atoms with Crippen LogP contribution in [0.2, 0.25) is 0 Å². The van der Waals surface area contributed by atoms with Crippen molar-refractivity contribution < 1.29 is 0 Å². The Balaban J connectivity index is 1.49. The predicted molar refractivity (Wildman–Crippen MR) is 134 cm³/mol. The fourth-order valence-electron chi connectivity index (χ4n) is 5.16. The zero-order valence-electron chi connectivity index (χ0n) is 19.9. The van der Waals surface area contributed by atoms with Gasteiger partial charge in [-0.1, -0.05) is 19.9 Å². The van der Waals surface area contributed by atoms with Crippen LogP contribution >= 0.6 is 11.3 Å². The molecular formula is C24H31N7OS. The van der Waals surface area contributed by atoms with Crippen molar-refractivity contribution in [3.8, 4) is 0 Å². The van der Waals surface area contributed by atoms with Crippen LogP contribution in [0.3, 0.4) is 0 Å². The number of hydrogen-bond acceptors (Lipinski definition) is 7. The van der Waals surface area contributed by atoms with Crippen molar-refractivity contribution in [3.63, 3.8) is 0 Å². The van der Waals surface area contributed by atoms with E-state index in [1.807, 2.05) is 0 Å². The van der Waals surface area contributed by atoms with Gasteiger partial charge in [0.1, 0.15) is 5.52 Å². The number of aromatic nitrogens is 5. The van der Waals surface area contributed by atoms with E-state index in [9.17, 15) is 4.79 Å². The summed E-state index contributed by atoms with van der Waals surface area (Å²) >= 11 is 1.76. The third kappa shape index (κ3) is 3.73. The molecule has 174 valence electrons. The van der Waals surface area contributed by atoms with Gasteiger partial charge in [-0.25, -0.2) is 9.78 Å². The van der Waals surface area contributed by atoms with Gasteiger partial charge in [-0.3, -0.25) is 14.6 Å². The predicted octanol–water partition coefficient (Wildman–Crippen LogP) is 4.02. The average molecular weight is 466 g/mol. The van der Waals surface area contributed by atoms with Crippen molar-refractivity contribution in [2.75, 3.05) is 18.0 Å². The van der Waals surface area contributed by atoms with Crippen molar-refractivity contribution in [2.24, 2.45) is 7.05 Å². The molecule has 0 bridgehead atoms. The van der Waals surface area contributed by atoms with E-state index in [-0.39, 0.29) is 11.7 Å². The van der Waals surface area contributed by atoms with Gasteiger partial charge in [0.25, 0.3) is 0 Å². The summed E-state index contributed by atoms with van der Waals surface area (Å²) in [4.78, 5) is 26.6. The zero-order valence-corrected chi connectivity index (χ0v) is 20.7. The summed E-state index contributed by atoms with van der Waals surface area (Å²) in [5.74, 6) is 0.727. The molecule has 0 radical (unpaired) electrons. The number of rotatable bonds is 5. The van der Waals surface area contributed by atoms with Crippen LogP contribution in [0.15, 0.2) is 29.2 Å². The van der Waals surface area contributed by atoms with Gasteiger partial charge in [0, 0.05) is 38.3 Å². The molecule has 1 unspecified atom stereocenters. The second-order valence-electron chi connectivity index (χ2n) is 9.02. The second-order valence-corrected chi connectivity index (χ2v) is 10.3. The number of piperazine rings is 1. The maximum Gasteiger partial charge on any atom is 0.349 e. The Kier molecular flexibility index (Phi) is 5.70. The topological polar surface area (TPSA) is 82.9 Å². The summed E-state index contributed by atoms with van der Waals surface area (Å²) in [5, 5.41) is 8.37. The molecule has 3 aromatic heterocycles. The summed E-state index contributed by atoms with van der Waals surface area (Å²) in [6, 6.07) is 7.59. The molecule has 0 amide bonds. The van der Waals surface area contributed by atoms with E-state index in [2.05, 4.69) is 75.9 Å². The maximum atomic E-state index is 12.6. The molecule has 9 heteroatoms. The molecule has 4 aromatic rings. The van der Waals surface area contributed by atoms with E-state index in [0.717, 1.165) is 53.3 Å². The zero-order chi connectivity index (χ0) is 23.3. The summed E-state index contributed by atoms with van der Waals surface area (Å²) in [6.07, 6.45) is 3.70.